The molecule has 0 atom stereocenters. The average Bonchev–Trinajstić information content (AvgIpc) is 2.26. The van der Waals surface area contributed by atoms with Crippen LogP contribution in [0.1, 0.15) is 0 Å². The van der Waals surface area contributed by atoms with Gasteiger partial charge in [0.05, 0.1) is 13.2 Å². The number of nitrogens with two attached hydrogens (primary N) is 2. The van der Waals surface area contributed by atoms with E-state index in [0.717, 1.165) is 0 Å². The first-order chi connectivity index (χ1) is 7.18. The van der Waals surface area contributed by atoms with Crippen LogP contribution in [0.3, 0.4) is 0 Å². The lowest BCUT2D eigenvalue weighted by Crippen LogP contribution is -2.38. The summed E-state index contributed by atoms with van der Waals surface area (Å²) in [6, 6.07) is 0. The van der Waals surface area contributed by atoms with Crippen molar-refractivity contribution in [2.75, 3.05) is 42.7 Å². The average molecular weight is 211 g/mol. The number of hydrogen-bond donors (Lipinski definition) is 3. The van der Waals surface area contributed by atoms with Crippen molar-refractivity contribution >= 4 is 17.5 Å². The molecule has 1 aromatic heterocycles. The van der Waals surface area contributed by atoms with Crippen molar-refractivity contribution < 1.29 is 4.74 Å². The lowest BCUT2D eigenvalue weighted by molar-refractivity contribution is 0.122. The maximum atomic E-state index is 11.3. The number of aromatic nitrogens is 2. The second-order valence-corrected chi connectivity index (χ2v) is 3.29. The van der Waals surface area contributed by atoms with Gasteiger partial charge in [0.1, 0.15) is 5.69 Å². The molecule has 5 N–H and O–H groups in total. The SMILES string of the molecule is Nc1nc(N2CCOCC2)[nH]c(=O)c1N. The van der Waals surface area contributed by atoms with Crippen LogP contribution in [0.15, 0.2) is 4.79 Å². The second-order valence-electron chi connectivity index (χ2n) is 3.29. The van der Waals surface area contributed by atoms with Gasteiger partial charge in [-0.15, -0.1) is 0 Å². The highest BCUT2D eigenvalue weighted by Crippen LogP contribution is 2.12. The molecule has 2 heterocycles. The molecule has 1 fully saturated rings. The van der Waals surface area contributed by atoms with E-state index in [1.807, 2.05) is 4.90 Å². The van der Waals surface area contributed by atoms with Crippen LogP contribution in [0.2, 0.25) is 0 Å². The summed E-state index contributed by atoms with van der Waals surface area (Å²) >= 11 is 0. The topological polar surface area (TPSA) is 110 Å². The highest BCUT2D eigenvalue weighted by atomic mass is 16.5. The normalized spacial score (nSPS) is 16.7. The van der Waals surface area contributed by atoms with Gasteiger partial charge >= 0.3 is 0 Å². The van der Waals surface area contributed by atoms with Gasteiger partial charge in [0.15, 0.2) is 5.82 Å². The number of anilines is 3. The lowest BCUT2D eigenvalue weighted by atomic mass is 10.4. The lowest BCUT2D eigenvalue weighted by Gasteiger charge is -2.27. The predicted octanol–water partition coefficient (Wildman–Crippen LogP) is -1.23. The Morgan fingerprint density at radius 1 is 1.33 bits per heavy atom. The molecule has 7 nitrogen and oxygen atoms in total. The van der Waals surface area contributed by atoms with Crippen molar-refractivity contribution in [1.82, 2.24) is 9.97 Å². The van der Waals surface area contributed by atoms with E-state index in [1.54, 1.807) is 0 Å². The van der Waals surface area contributed by atoms with Gasteiger partial charge in [-0.3, -0.25) is 9.78 Å². The zero-order valence-electron chi connectivity index (χ0n) is 8.19. The minimum Gasteiger partial charge on any atom is -0.391 e. The maximum Gasteiger partial charge on any atom is 0.277 e. The summed E-state index contributed by atoms with van der Waals surface area (Å²) in [5.41, 5.74) is 10.5. The molecule has 1 aliphatic heterocycles. The van der Waals surface area contributed by atoms with E-state index >= 15 is 0 Å². The summed E-state index contributed by atoms with van der Waals surface area (Å²) < 4.78 is 5.19. The first-order valence-electron chi connectivity index (χ1n) is 4.66. The van der Waals surface area contributed by atoms with Gasteiger partial charge < -0.3 is 21.1 Å². The Hall–Kier alpha value is -1.76. The van der Waals surface area contributed by atoms with Gasteiger partial charge in [0, 0.05) is 13.1 Å². The third kappa shape index (κ3) is 1.86. The Bertz CT molecular complexity index is 410. The molecule has 0 spiro atoms. The van der Waals surface area contributed by atoms with Crippen molar-refractivity contribution in [2.24, 2.45) is 0 Å². The number of nitrogens with one attached hydrogen (secondary N) is 1. The Kier molecular flexibility index (Phi) is 2.46. The molecular formula is C8H13N5O2. The zero-order chi connectivity index (χ0) is 10.8. The molecule has 0 bridgehead atoms. The fourth-order valence-corrected chi connectivity index (χ4v) is 1.41. The van der Waals surface area contributed by atoms with Crippen molar-refractivity contribution in [2.45, 2.75) is 0 Å². The fourth-order valence-electron chi connectivity index (χ4n) is 1.41. The second kappa shape index (κ2) is 3.77. The van der Waals surface area contributed by atoms with Crippen LogP contribution in [0.25, 0.3) is 0 Å². The summed E-state index contributed by atoms with van der Waals surface area (Å²) in [6.07, 6.45) is 0. The van der Waals surface area contributed by atoms with Gasteiger partial charge in [0.2, 0.25) is 5.95 Å². The molecule has 0 amide bonds. The molecule has 1 saturated heterocycles. The van der Waals surface area contributed by atoms with Crippen LogP contribution in [0.4, 0.5) is 17.5 Å². The minimum absolute atomic E-state index is 0.0352. The highest BCUT2D eigenvalue weighted by molar-refractivity contribution is 5.58. The Balaban J connectivity index is 2.32. The van der Waals surface area contributed by atoms with Gasteiger partial charge in [-0.2, -0.15) is 4.98 Å². The molecule has 15 heavy (non-hydrogen) atoms. The quantitative estimate of drug-likeness (QED) is 0.536. The molecule has 2 rings (SSSR count). The van der Waals surface area contributed by atoms with Gasteiger partial charge in [-0.1, -0.05) is 0 Å². The van der Waals surface area contributed by atoms with E-state index in [1.165, 1.54) is 0 Å². The molecule has 0 radical (unpaired) electrons. The highest BCUT2D eigenvalue weighted by Gasteiger charge is 2.15. The largest absolute Gasteiger partial charge is 0.391 e. The third-order valence-corrected chi connectivity index (χ3v) is 2.28. The number of aromatic amines is 1. The van der Waals surface area contributed by atoms with Crippen molar-refractivity contribution in [3.05, 3.63) is 10.4 Å². The van der Waals surface area contributed by atoms with Crippen molar-refractivity contribution in [1.29, 1.82) is 0 Å². The summed E-state index contributed by atoms with van der Waals surface area (Å²) in [6.45, 7) is 2.61. The van der Waals surface area contributed by atoms with E-state index in [0.29, 0.717) is 32.3 Å². The standard InChI is InChI=1S/C8H13N5O2/c9-5-6(10)11-8(12-7(5)14)13-1-3-15-4-2-13/h1-4,9H2,(H3,10,11,12,14). The summed E-state index contributed by atoms with van der Waals surface area (Å²) in [7, 11) is 0. The molecule has 1 aliphatic rings. The van der Waals surface area contributed by atoms with E-state index in [-0.39, 0.29) is 11.5 Å². The first kappa shape index (κ1) is 9.78. The monoisotopic (exact) mass is 211 g/mol. The summed E-state index contributed by atoms with van der Waals surface area (Å²) in [5, 5.41) is 0. The Labute approximate surface area is 86.0 Å². The molecular weight excluding hydrogens is 198 g/mol. The van der Waals surface area contributed by atoms with Crippen LogP contribution >= 0.6 is 0 Å². The van der Waals surface area contributed by atoms with Crippen LogP contribution in [-0.4, -0.2) is 36.3 Å². The predicted molar refractivity (Wildman–Crippen MR) is 56.7 cm³/mol. The molecule has 7 heteroatoms. The van der Waals surface area contributed by atoms with Crippen LogP contribution in [0, 0.1) is 0 Å². The van der Waals surface area contributed by atoms with Gasteiger partial charge in [-0.25, -0.2) is 0 Å². The van der Waals surface area contributed by atoms with Gasteiger partial charge in [-0.05, 0) is 0 Å². The molecule has 1 aromatic rings. The van der Waals surface area contributed by atoms with Crippen LogP contribution < -0.4 is 21.9 Å². The van der Waals surface area contributed by atoms with Crippen LogP contribution in [-0.2, 0) is 4.74 Å². The molecule has 82 valence electrons. The fraction of sp³-hybridized carbons (Fsp3) is 0.500. The zero-order valence-corrected chi connectivity index (χ0v) is 8.19. The minimum atomic E-state index is -0.399. The Morgan fingerprint density at radius 3 is 2.60 bits per heavy atom. The van der Waals surface area contributed by atoms with E-state index in [4.69, 9.17) is 16.2 Å². The summed E-state index contributed by atoms with van der Waals surface area (Å²) in [5.74, 6) is 0.523. The maximum absolute atomic E-state index is 11.3. The number of H-pyrrole nitrogens is 1. The van der Waals surface area contributed by atoms with Gasteiger partial charge in [0.25, 0.3) is 5.56 Å². The van der Waals surface area contributed by atoms with Crippen molar-refractivity contribution in [3.8, 4) is 0 Å². The number of rotatable bonds is 1. The summed E-state index contributed by atoms with van der Waals surface area (Å²) in [4.78, 5) is 19.9. The number of morpholine rings is 1. The van der Waals surface area contributed by atoms with E-state index < -0.39 is 5.56 Å². The first-order valence-corrected chi connectivity index (χ1v) is 4.66. The van der Waals surface area contributed by atoms with Crippen LogP contribution in [0.5, 0.6) is 0 Å². The molecule has 0 saturated carbocycles. The number of nitrogen functional groups attached to an aromatic ring is 2. The third-order valence-electron chi connectivity index (χ3n) is 2.28. The molecule has 0 aromatic carbocycles. The number of nitrogens with zero attached hydrogens (tertiary/aromatic N) is 2. The molecule has 0 aliphatic carbocycles. The number of hydrogen-bond acceptors (Lipinski definition) is 6. The van der Waals surface area contributed by atoms with E-state index in [9.17, 15) is 4.79 Å². The number of ether oxygens (including phenoxy) is 1. The smallest absolute Gasteiger partial charge is 0.277 e. The van der Waals surface area contributed by atoms with Crippen molar-refractivity contribution in [3.63, 3.8) is 0 Å². The Morgan fingerprint density at radius 2 is 2.00 bits per heavy atom. The molecule has 0 unspecified atom stereocenters. The van der Waals surface area contributed by atoms with E-state index in [2.05, 4.69) is 9.97 Å².